The van der Waals surface area contributed by atoms with Crippen LogP contribution in [0.1, 0.15) is 5.56 Å². The topological polar surface area (TPSA) is 91.2 Å². The van der Waals surface area contributed by atoms with Gasteiger partial charge in [-0.2, -0.15) is 5.26 Å². The van der Waals surface area contributed by atoms with Crippen LogP contribution in [0.5, 0.6) is 0 Å². The van der Waals surface area contributed by atoms with Crippen LogP contribution in [0, 0.1) is 11.3 Å². The van der Waals surface area contributed by atoms with Gasteiger partial charge in [-0.3, -0.25) is 9.59 Å². The number of methoxy groups -OCH3 is 1. The van der Waals surface area contributed by atoms with E-state index in [9.17, 15) is 9.59 Å². The Bertz CT molecular complexity index is 480. The summed E-state index contributed by atoms with van der Waals surface area (Å²) in [5.41, 5.74) is 1.28. The van der Waals surface area contributed by atoms with E-state index in [2.05, 4.69) is 10.6 Å². The predicted molar refractivity (Wildman–Crippen MR) is 64.4 cm³/mol. The normalized spacial score (nSPS) is 9.33. The van der Waals surface area contributed by atoms with Crippen LogP contribution in [0.3, 0.4) is 0 Å². The van der Waals surface area contributed by atoms with Gasteiger partial charge < -0.3 is 15.4 Å². The second-order valence-electron chi connectivity index (χ2n) is 3.39. The standard InChI is InChI=1S/C12H13N3O3/c1-18-8-9-4-2-3-5-10(9)15-12(17)11(16)14-7-6-13/h2-5H,7-8H2,1H3,(H,14,16)(H,15,17). The van der Waals surface area contributed by atoms with Gasteiger partial charge in [0.25, 0.3) is 0 Å². The smallest absolute Gasteiger partial charge is 0.313 e. The second-order valence-corrected chi connectivity index (χ2v) is 3.39. The molecular weight excluding hydrogens is 234 g/mol. The minimum atomic E-state index is -0.844. The molecule has 0 unspecified atom stereocenters. The monoisotopic (exact) mass is 247 g/mol. The molecule has 1 rings (SSSR count). The first-order chi connectivity index (χ1) is 8.69. The fourth-order valence-corrected chi connectivity index (χ4v) is 1.30. The summed E-state index contributed by atoms with van der Waals surface area (Å²) in [5.74, 6) is -1.66. The molecular formula is C12H13N3O3. The number of ether oxygens (including phenoxy) is 1. The summed E-state index contributed by atoms with van der Waals surface area (Å²) in [6.45, 7) is 0.127. The number of para-hydroxylation sites is 1. The van der Waals surface area contributed by atoms with Crippen molar-refractivity contribution >= 4 is 17.5 Å². The zero-order valence-corrected chi connectivity index (χ0v) is 9.90. The molecule has 0 spiro atoms. The van der Waals surface area contributed by atoms with Crippen molar-refractivity contribution in [3.63, 3.8) is 0 Å². The summed E-state index contributed by atoms with van der Waals surface area (Å²) in [7, 11) is 1.54. The molecule has 18 heavy (non-hydrogen) atoms. The van der Waals surface area contributed by atoms with Gasteiger partial charge >= 0.3 is 11.8 Å². The molecule has 94 valence electrons. The van der Waals surface area contributed by atoms with Gasteiger partial charge in [0, 0.05) is 18.4 Å². The molecule has 0 aromatic heterocycles. The largest absolute Gasteiger partial charge is 0.380 e. The average Bonchev–Trinajstić information content (AvgIpc) is 2.38. The van der Waals surface area contributed by atoms with E-state index in [4.69, 9.17) is 10.00 Å². The van der Waals surface area contributed by atoms with Gasteiger partial charge in [-0.25, -0.2) is 0 Å². The molecule has 0 fully saturated rings. The molecule has 2 amide bonds. The highest BCUT2D eigenvalue weighted by Gasteiger charge is 2.14. The van der Waals surface area contributed by atoms with E-state index in [1.807, 2.05) is 0 Å². The first kappa shape index (κ1) is 13.7. The summed E-state index contributed by atoms with van der Waals surface area (Å²) < 4.78 is 4.98. The van der Waals surface area contributed by atoms with E-state index in [1.54, 1.807) is 30.3 Å². The Balaban J connectivity index is 2.70. The number of carbonyl (C=O) groups is 2. The van der Waals surface area contributed by atoms with Crippen LogP contribution >= 0.6 is 0 Å². The van der Waals surface area contributed by atoms with Crippen molar-refractivity contribution in [2.75, 3.05) is 19.0 Å². The maximum absolute atomic E-state index is 11.5. The van der Waals surface area contributed by atoms with E-state index in [-0.39, 0.29) is 6.54 Å². The third-order valence-corrected chi connectivity index (χ3v) is 2.10. The summed E-state index contributed by atoms with van der Waals surface area (Å²) >= 11 is 0. The number of hydrogen-bond donors (Lipinski definition) is 2. The van der Waals surface area contributed by atoms with Crippen LogP contribution in [0.4, 0.5) is 5.69 Å². The molecule has 0 aliphatic heterocycles. The van der Waals surface area contributed by atoms with Crippen LogP contribution in [0.25, 0.3) is 0 Å². The third-order valence-electron chi connectivity index (χ3n) is 2.10. The van der Waals surface area contributed by atoms with Gasteiger partial charge in [0.05, 0.1) is 12.7 Å². The van der Waals surface area contributed by atoms with Crippen molar-refractivity contribution in [1.82, 2.24) is 5.32 Å². The highest BCUT2D eigenvalue weighted by Crippen LogP contribution is 2.15. The summed E-state index contributed by atoms with van der Waals surface area (Å²) in [6, 6.07) is 8.71. The summed E-state index contributed by atoms with van der Waals surface area (Å²) in [5, 5.41) is 12.9. The zero-order chi connectivity index (χ0) is 13.4. The van der Waals surface area contributed by atoms with Crippen molar-refractivity contribution in [3.05, 3.63) is 29.8 Å². The van der Waals surface area contributed by atoms with E-state index >= 15 is 0 Å². The van der Waals surface area contributed by atoms with E-state index in [1.165, 1.54) is 7.11 Å². The second kappa shape index (κ2) is 7.04. The molecule has 6 nitrogen and oxygen atoms in total. The van der Waals surface area contributed by atoms with Gasteiger partial charge in [0.15, 0.2) is 0 Å². The highest BCUT2D eigenvalue weighted by atomic mass is 16.5. The minimum Gasteiger partial charge on any atom is -0.380 e. The molecule has 0 saturated carbocycles. The van der Waals surface area contributed by atoms with Crippen LogP contribution in [0.2, 0.25) is 0 Å². The Kier molecular flexibility index (Phi) is 5.35. The molecule has 0 radical (unpaired) electrons. The van der Waals surface area contributed by atoms with Crippen LogP contribution < -0.4 is 10.6 Å². The molecule has 0 aliphatic carbocycles. The van der Waals surface area contributed by atoms with Crippen molar-refractivity contribution in [2.45, 2.75) is 6.61 Å². The number of nitriles is 1. The zero-order valence-electron chi connectivity index (χ0n) is 9.90. The van der Waals surface area contributed by atoms with Gasteiger partial charge in [-0.1, -0.05) is 18.2 Å². The SMILES string of the molecule is COCc1ccccc1NC(=O)C(=O)NCC#N. The molecule has 0 heterocycles. The van der Waals surface area contributed by atoms with Gasteiger partial charge in [-0.15, -0.1) is 0 Å². The van der Waals surface area contributed by atoms with Gasteiger partial charge in [0.1, 0.15) is 6.54 Å². The van der Waals surface area contributed by atoms with Crippen molar-refractivity contribution < 1.29 is 14.3 Å². The Morgan fingerprint density at radius 2 is 2.06 bits per heavy atom. The first-order valence-corrected chi connectivity index (χ1v) is 5.22. The first-order valence-electron chi connectivity index (χ1n) is 5.22. The number of hydrogen-bond acceptors (Lipinski definition) is 4. The lowest BCUT2D eigenvalue weighted by atomic mass is 10.2. The Morgan fingerprint density at radius 3 is 2.72 bits per heavy atom. The van der Waals surface area contributed by atoms with Crippen LogP contribution in [-0.2, 0) is 20.9 Å². The number of rotatable bonds is 4. The highest BCUT2D eigenvalue weighted by molar-refractivity contribution is 6.39. The third kappa shape index (κ3) is 3.88. The average molecular weight is 247 g/mol. The van der Waals surface area contributed by atoms with Crippen LogP contribution in [-0.4, -0.2) is 25.5 Å². The molecule has 0 saturated heterocycles. The van der Waals surface area contributed by atoms with Crippen molar-refractivity contribution in [3.8, 4) is 6.07 Å². The Labute approximate surface area is 105 Å². The minimum absolute atomic E-state index is 0.202. The molecule has 1 aromatic rings. The number of carbonyl (C=O) groups excluding carboxylic acids is 2. The lowest BCUT2D eigenvalue weighted by Gasteiger charge is -2.09. The number of anilines is 1. The van der Waals surface area contributed by atoms with E-state index in [0.717, 1.165) is 5.56 Å². The Hall–Kier alpha value is -2.39. The number of amides is 2. The van der Waals surface area contributed by atoms with Gasteiger partial charge in [-0.05, 0) is 6.07 Å². The maximum atomic E-state index is 11.5. The van der Waals surface area contributed by atoms with Crippen LogP contribution in [0.15, 0.2) is 24.3 Å². The number of nitrogens with zero attached hydrogens (tertiary/aromatic N) is 1. The molecule has 1 aromatic carbocycles. The van der Waals surface area contributed by atoms with E-state index in [0.29, 0.717) is 12.3 Å². The molecule has 2 N–H and O–H groups in total. The molecule has 0 atom stereocenters. The molecule has 0 aliphatic rings. The fourth-order valence-electron chi connectivity index (χ4n) is 1.30. The number of benzene rings is 1. The quantitative estimate of drug-likeness (QED) is 0.595. The number of nitrogens with one attached hydrogen (secondary N) is 2. The van der Waals surface area contributed by atoms with Crippen molar-refractivity contribution in [2.24, 2.45) is 0 Å². The van der Waals surface area contributed by atoms with E-state index < -0.39 is 11.8 Å². The lowest BCUT2D eigenvalue weighted by molar-refractivity contribution is -0.136. The van der Waals surface area contributed by atoms with Crippen molar-refractivity contribution in [1.29, 1.82) is 5.26 Å². The summed E-state index contributed by atoms with van der Waals surface area (Å²) in [6.07, 6.45) is 0. The molecule has 0 bridgehead atoms. The maximum Gasteiger partial charge on any atom is 0.313 e. The lowest BCUT2D eigenvalue weighted by Crippen LogP contribution is -2.35. The van der Waals surface area contributed by atoms with Gasteiger partial charge in [0.2, 0.25) is 0 Å². The molecule has 6 heteroatoms. The Morgan fingerprint density at radius 1 is 1.33 bits per heavy atom. The fraction of sp³-hybridized carbons (Fsp3) is 0.250. The summed E-state index contributed by atoms with van der Waals surface area (Å²) in [4.78, 5) is 22.8. The predicted octanol–water partition coefficient (Wildman–Crippen LogP) is 0.411.